The molecule has 0 radical (unpaired) electrons. The van der Waals surface area contributed by atoms with Crippen LogP contribution in [0.5, 0.6) is 11.6 Å². The SMILES string of the molecule is CCOC(=O)c1ccc(Oc2cccc(Cl)c2)nc1. The van der Waals surface area contributed by atoms with Gasteiger partial charge < -0.3 is 9.47 Å². The number of nitrogens with zero attached hydrogens (tertiary/aromatic N) is 1. The second-order valence-corrected chi connectivity index (χ2v) is 4.10. The molecule has 0 aliphatic carbocycles. The number of hydrogen-bond acceptors (Lipinski definition) is 4. The highest BCUT2D eigenvalue weighted by atomic mass is 35.5. The summed E-state index contributed by atoms with van der Waals surface area (Å²) >= 11 is 5.85. The molecule has 0 saturated heterocycles. The van der Waals surface area contributed by atoms with Crippen molar-refractivity contribution >= 4 is 17.6 Å². The summed E-state index contributed by atoms with van der Waals surface area (Å²) in [6.45, 7) is 2.08. The molecule has 1 aromatic heterocycles. The molecule has 0 spiro atoms. The van der Waals surface area contributed by atoms with Gasteiger partial charge in [-0.05, 0) is 31.2 Å². The van der Waals surface area contributed by atoms with Gasteiger partial charge in [0.25, 0.3) is 0 Å². The Morgan fingerprint density at radius 1 is 1.32 bits per heavy atom. The molecular weight excluding hydrogens is 266 g/mol. The molecule has 0 amide bonds. The van der Waals surface area contributed by atoms with Crippen molar-refractivity contribution in [1.82, 2.24) is 4.98 Å². The first-order valence-electron chi connectivity index (χ1n) is 5.75. The fraction of sp³-hybridized carbons (Fsp3) is 0.143. The summed E-state index contributed by atoms with van der Waals surface area (Å²) in [6, 6.07) is 10.2. The number of hydrogen-bond donors (Lipinski definition) is 0. The molecule has 19 heavy (non-hydrogen) atoms. The lowest BCUT2D eigenvalue weighted by Gasteiger charge is -2.05. The maximum atomic E-state index is 11.4. The van der Waals surface area contributed by atoms with E-state index in [0.29, 0.717) is 28.8 Å². The van der Waals surface area contributed by atoms with Crippen LogP contribution in [0, 0.1) is 0 Å². The molecule has 0 unspecified atom stereocenters. The summed E-state index contributed by atoms with van der Waals surface area (Å²) < 4.78 is 10.4. The fourth-order valence-electron chi connectivity index (χ4n) is 1.43. The highest BCUT2D eigenvalue weighted by molar-refractivity contribution is 6.30. The lowest BCUT2D eigenvalue weighted by atomic mass is 10.3. The number of esters is 1. The van der Waals surface area contributed by atoms with Crippen molar-refractivity contribution in [3.8, 4) is 11.6 Å². The van der Waals surface area contributed by atoms with Crippen LogP contribution in [0.1, 0.15) is 17.3 Å². The van der Waals surface area contributed by atoms with Gasteiger partial charge in [0.1, 0.15) is 5.75 Å². The Morgan fingerprint density at radius 2 is 2.16 bits per heavy atom. The van der Waals surface area contributed by atoms with E-state index in [9.17, 15) is 4.79 Å². The third kappa shape index (κ3) is 3.69. The average Bonchev–Trinajstić information content (AvgIpc) is 2.40. The van der Waals surface area contributed by atoms with Crippen molar-refractivity contribution in [3.63, 3.8) is 0 Å². The first-order chi connectivity index (χ1) is 9.19. The molecule has 4 nitrogen and oxygen atoms in total. The van der Waals surface area contributed by atoms with Crippen molar-refractivity contribution in [2.45, 2.75) is 6.92 Å². The summed E-state index contributed by atoms with van der Waals surface area (Å²) in [7, 11) is 0. The van der Waals surface area contributed by atoms with Gasteiger partial charge in [-0.3, -0.25) is 0 Å². The molecule has 0 N–H and O–H groups in total. The molecule has 5 heteroatoms. The number of pyridine rings is 1. The molecule has 2 aromatic rings. The molecule has 0 aliphatic heterocycles. The van der Waals surface area contributed by atoms with E-state index in [-0.39, 0.29) is 0 Å². The molecule has 98 valence electrons. The molecule has 0 atom stereocenters. The zero-order valence-electron chi connectivity index (χ0n) is 10.3. The Hall–Kier alpha value is -2.07. The Bertz CT molecular complexity index is 569. The molecule has 0 saturated carbocycles. The van der Waals surface area contributed by atoms with Gasteiger partial charge in [-0.25, -0.2) is 9.78 Å². The topological polar surface area (TPSA) is 48.4 Å². The quantitative estimate of drug-likeness (QED) is 0.800. The van der Waals surface area contributed by atoms with Crippen LogP contribution in [0.3, 0.4) is 0 Å². The number of rotatable bonds is 4. The van der Waals surface area contributed by atoms with E-state index < -0.39 is 5.97 Å². The lowest BCUT2D eigenvalue weighted by Crippen LogP contribution is -2.04. The van der Waals surface area contributed by atoms with Crippen LogP contribution in [-0.2, 0) is 4.74 Å². The van der Waals surface area contributed by atoms with Gasteiger partial charge >= 0.3 is 5.97 Å². The van der Waals surface area contributed by atoms with Gasteiger partial charge in [0.15, 0.2) is 0 Å². The summed E-state index contributed by atoms with van der Waals surface area (Å²) in [6.07, 6.45) is 1.41. The van der Waals surface area contributed by atoms with E-state index >= 15 is 0 Å². The largest absolute Gasteiger partial charge is 0.462 e. The predicted octanol–water partition coefficient (Wildman–Crippen LogP) is 3.70. The minimum Gasteiger partial charge on any atom is -0.462 e. The maximum Gasteiger partial charge on any atom is 0.339 e. The number of benzene rings is 1. The molecule has 1 aromatic carbocycles. The van der Waals surface area contributed by atoms with E-state index in [1.54, 1.807) is 43.3 Å². The standard InChI is InChI=1S/C14H12ClNO3/c1-2-18-14(17)10-6-7-13(16-9-10)19-12-5-3-4-11(15)8-12/h3-9H,2H2,1H3. The number of halogens is 1. The van der Waals surface area contributed by atoms with Gasteiger partial charge in [0, 0.05) is 17.3 Å². The van der Waals surface area contributed by atoms with Gasteiger partial charge in [-0.1, -0.05) is 17.7 Å². The first-order valence-corrected chi connectivity index (χ1v) is 6.13. The Morgan fingerprint density at radius 3 is 2.79 bits per heavy atom. The monoisotopic (exact) mass is 277 g/mol. The second kappa shape index (κ2) is 6.20. The van der Waals surface area contributed by atoms with Crippen LogP contribution in [0.25, 0.3) is 0 Å². The Kier molecular flexibility index (Phi) is 4.36. The van der Waals surface area contributed by atoms with Crippen molar-refractivity contribution in [2.75, 3.05) is 6.61 Å². The van der Waals surface area contributed by atoms with E-state index in [0.717, 1.165) is 0 Å². The van der Waals surface area contributed by atoms with E-state index in [4.69, 9.17) is 21.1 Å². The predicted molar refractivity (Wildman–Crippen MR) is 71.7 cm³/mol. The van der Waals surface area contributed by atoms with Crippen LogP contribution in [0.2, 0.25) is 5.02 Å². The molecule has 0 bridgehead atoms. The van der Waals surface area contributed by atoms with E-state index in [2.05, 4.69) is 4.98 Å². The first kappa shape index (κ1) is 13.4. The smallest absolute Gasteiger partial charge is 0.339 e. The third-order valence-corrected chi connectivity index (χ3v) is 2.50. The summed E-state index contributed by atoms with van der Waals surface area (Å²) in [5.41, 5.74) is 0.389. The molecule has 2 rings (SSSR count). The number of aromatic nitrogens is 1. The lowest BCUT2D eigenvalue weighted by molar-refractivity contribution is 0.0526. The van der Waals surface area contributed by atoms with Crippen molar-refractivity contribution in [1.29, 1.82) is 0 Å². The van der Waals surface area contributed by atoms with Crippen LogP contribution >= 0.6 is 11.6 Å². The van der Waals surface area contributed by atoms with Gasteiger partial charge in [0.05, 0.1) is 12.2 Å². The maximum absolute atomic E-state index is 11.4. The minimum atomic E-state index is -0.399. The van der Waals surface area contributed by atoms with Gasteiger partial charge in [-0.2, -0.15) is 0 Å². The highest BCUT2D eigenvalue weighted by Crippen LogP contribution is 2.22. The Labute approximate surface area is 115 Å². The number of ether oxygens (including phenoxy) is 2. The summed E-state index contributed by atoms with van der Waals surface area (Å²) in [5.74, 6) is 0.573. The molecule has 0 fully saturated rings. The average molecular weight is 278 g/mol. The molecular formula is C14H12ClNO3. The fourth-order valence-corrected chi connectivity index (χ4v) is 1.61. The van der Waals surface area contributed by atoms with Crippen LogP contribution in [-0.4, -0.2) is 17.6 Å². The second-order valence-electron chi connectivity index (χ2n) is 3.67. The normalized spacial score (nSPS) is 10.0. The van der Waals surface area contributed by atoms with Gasteiger partial charge in [0.2, 0.25) is 5.88 Å². The zero-order valence-corrected chi connectivity index (χ0v) is 11.1. The van der Waals surface area contributed by atoms with Crippen LogP contribution in [0.15, 0.2) is 42.6 Å². The van der Waals surface area contributed by atoms with E-state index in [1.165, 1.54) is 6.20 Å². The van der Waals surface area contributed by atoms with Crippen LogP contribution < -0.4 is 4.74 Å². The van der Waals surface area contributed by atoms with Gasteiger partial charge in [-0.15, -0.1) is 0 Å². The minimum absolute atomic E-state index is 0.333. The summed E-state index contributed by atoms with van der Waals surface area (Å²) in [4.78, 5) is 15.5. The molecule has 1 heterocycles. The number of carbonyl (C=O) groups excluding carboxylic acids is 1. The summed E-state index contributed by atoms with van der Waals surface area (Å²) in [5, 5.41) is 0.584. The highest BCUT2D eigenvalue weighted by Gasteiger charge is 2.07. The molecule has 0 aliphatic rings. The van der Waals surface area contributed by atoms with E-state index in [1.807, 2.05) is 0 Å². The Balaban J connectivity index is 2.08. The van der Waals surface area contributed by atoms with Crippen molar-refractivity contribution in [2.24, 2.45) is 0 Å². The number of carbonyl (C=O) groups is 1. The van der Waals surface area contributed by atoms with Crippen molar-refractivity contribution in [3.05, 3.63) is 53.2 Å². The van der Waals surface area contributed by atoms with Crippen molar-refractivity contribution < 1.29 is 14.3 Å². The third-order valence-electron chi connectivity index (χ3n) is 2.27. The van der Waals surface area contributed by atoms with Crippen LogP contribution in [0.4, 0.5) is 0 Å². The zero-order chi connectivity index (χ0) is 13.7.